The Kier molecular flexibility index (Phi) is 11.4. The Hall–Kier alpha value is -0.0800. The summed E-state index contributed by atoms with van der Waals surface area (Å²) in [6, 6.07) is 0.457. The predicted octanol–water partition coefficient (Wildman–Crippen LogP) is 2.70. The lowest BCUT2D eigenvalue weighted by molar-refractivity contribution is -0.133. The number of halogens is 1. The Morgan fingerprint density at radius 3 is 2.39 bits per heavy atom. The van der Waals surface area contributed by atoms with Crippen LogP contribution < -0.4 is 10.6 Å². The van der Waals surface area contributed by atoms with Crippen LogP contribution in [0.5, 0.6) is 0 Å². The van der Waals surface area contributed by atoms with Crippen molar-refractivity contribution in [1.82, 2.24) is 15.5 Å². The van der Waals surface area contributed by atoms with Crippen molar-refractivity contribution in [3.8, 4) is 0 Å². The topological polar surface area (TPSA) is 48.9 Å². The van der Waals surface area contributed by atoms with Crippen LogP contribution in [0.4, 0.5) is 0 Å². The zero-order valence-corrected chi connectivity index (χ0v) is 18.1. The lowest BCUT2D eigenvalue weighted by Crippen LogP contribution is -2.65. The van der Waals surface area contributed by atoms with E-state index in [1.165, 1.54) is 0 Å². The van der Waals surface area contributed by atoms with Crippen molar-refractivity contribution in [2.75, 3.05) is 40.8 Å². The van der Waals surface area contributed by atoms with Crippen LogP contribution in [-0.4, -0.2) is 63.8 Å². The molecule has 23 heavy (non-hydrogen) atoms. The van der Waals surface area contributed by atoms with Crippen LogP contribution in [0.15, 0.2) is 4.99 Å². The van der Waals surface area contributed by atoms with Gasteiger partial charge in [0.25, 0.3) is 0 Å². The van der Waals surface area contributed by atoms with Gasteiger partial charge in [-0.3, -0.25) is 4.99 Å². The second kappa shape index (κ2) is 11.5. The predicted molar refractivity (Wildman–Crippen MR) is 110 cm³/mol. The fourth-order valence-electron chi connectivity index (χ4n) is 3.55. The first-order valence-electron chi connectivity index (χ1n) is 8.77. The normalized spacial score (nSPS) is 23.2. The molecule has 0 aromatic rings. The summed E-state index contributed by atoms with van der Waals surface area (Å²) in [7, 11) is 6.05. The monoisotopic (exact) mass is 440 g/mol. The summed E-state index contributed by atoms with van der Waals surface area (Å²) >= 11 is 0. The molecule has 1 fully saturated rings. The summed E-state index contributed by atoms with van der Waals surface area (Å²) in [5.41, 5.74) is 0.247. The van der Waals surface area contributed by atoms with E-state index in [9.17, 15) is 0 Å². The molecule has 2 N–H and O–H groups in total. The zero-order valence-electron chi connectivity index (χ0n) is 15.8. The van der Waals surface area contributed by atoms with Crippen molar-refractivity contribution >= 4 is 29.9 Å². The standard InChI is InChI=1S/C17H36N4O.HI/c1-7-17(8-2)14(13-15(17)22-9-3)20-16(18-4)19-11-10-12-21(5)6;/h14-15H,7-13H2,1-6H3,(H2,18,19,20);1H. The molecule has 1 aliphatic carbocycles. The molecule has 0 saturated heterocycles. The number of guanidine groups is 1. The van der Waals surface area contributed by atoms with E-state index in [4.69, 9.17) is 4.74 Å². The minimum absolute atomic E-state index is 0. The molecule has 0 radical (unpaired) electrons. The Bertz CT molecular complexity index is 345. The average molecular weight is 440 g/mol. The zero-order chi connectivity index (χ0) is 16.6. The minimum Gasteiger partial charge on any atom is -0.378 e. The fourth-order valence-corrected chi connectivity index (χ4v) is 3.55. The quantitative estimate of drug-likeness (QED) is 0.251. The summed E-state index contributed by atoms with van der Waals surface area (Å²) in [6.45, 7) is 9.48. The SMILES string of the molecule is CCOC1CC(NC(=NC)NCCCN(C)C)C1(CC)CC.I. The molecule has 138 valence electrons. The van der Waals surface area contributed by atoms with Crippen molar-refractivity contribution in [2.24, 2.45) is 10.4 Å². The molecule has 0 aromatic heterocycles. The maximum atomic E-state index is 5.94. The van der Waals surface area contributed by atoms with E-state index in [1.807, 2.05) is 7.05 Å². The summed E-state index contributed by atoms with van der Waals surface area (Å²) in [5.74, 6) is 0.921. The lowest BCUT2D eigenvalue weighted by atomic mass is 9.58. The number of ether oxygens (including phenoxy) is 1. The summed E-state index contributed by atoms with van der Waals surface area (Å²) in [6.07, 6.45) is 4.87. The Labute approximate surface area is 160 Å². The van der Waals surface area contributed by atoms with E-state index in [1.54, 1.807) is 0 Å². The van der Waals surface area contributed by atoms with Gasteiger partial charge in [0.1, 0.15) is 0 Å². The minimum atomic E-state index is 0. The van der Waals surface area contributed by atoms with Crippen LogP contribution in [-0.2, 0) is 4.74 Å². The first-order chi connectivity index (χ1) is 10.5. The van der Waals surface area contributed by atoms with Crippen molar-refractivity contribution in [1.29, 1.82) is 0 Å². The number of hydrogen-bond donors (Lipinski definition) is 2. The van der Waals surface area contributed by atoms with Gasteiger partial charge in [-0.2, -0.15) is 0 Å². The van der Waals surface area contributed by atoms with Gasteiger partial charge in [-0.25, -0.2) is 0 Å². The average Bonchev–Trinajstić information content (AvgIpc) is 2.49. The summed E-state index contributed by atoms with van der Waals surface area (Å²) < 4.78 is 5.94. The molecule has 1 saturated carbocycles. The van der Waals surface area contributed by atoms with Crippen LogP contribution in [0, 0.1) is 5.41 Å². The van der Waals surface area contributed by atoms with Crippen LogP contribution in [0.3, 0.4) is 0 Å². The third-order valence-electron chi connectivity index (χ3n) is 5.08. The third kappa shape index (κ3) is 6.05. The largest absolute Gasteiger partial charge is 0.378 e. The third-order valence-corrected chi connectivity index (χ3v) is 5.08. The summed E-state index contributed by atoms with van der Waals surface area (Å²) in [5, 5.41) is 7.05. The van der Waals surface area contributed by atoms with Gasteiger partial charge in [-0.15, -0.1) is 24.0 Å². The summed E-state index contributed by atoms with van der Waals surface area (Å²) in [4.78, 5) is 6.58. The number of rotatable bonds is 9. The highest BCUT2D eigenvalue weighted by Gasteiger charge is 2.53. The van der Waals surface area contributed by atoms with Crippen molar-refractivity contribution < 1.29 is 4.74 Å². The van der Waals surface area contributed by atoms with Crippen LogP contribution in [0.25, 0.3) is 0 Å². The fraction of sp³-hybridized carbons (Fsp3) is 0.941. The first kappa shape index (κ1) is 22.9. The molecule has 0 aliphatic heterocycles. The molecule has 2 atom stereocenters. The van der Waals surface area contributed by atoms with Crippen LogP contribution in [0.1, 0.15) is 46.5 Å². The second-order valence-electron chi connectivity index (χ2n) is 6.47. The molecule has 1 aliphatic rings. The van der Waals surface area contributed by atoms with Gasteiger partial charge in [-0.1, -0.05) is 13.8 Å². The van der Waals surface area contributed by atoms with E-state index < -0.39 is 0 Å². The van der Waals surface area contributed by atoms with Gasteiger partial charge in [0, 0.05) is 31.7 Å². The van der Waals surface area contributed by atoms with E-state index in [0.717, 1.165) is 51.3 Å². The van der Waals surface area contributed by atoms with Gasteiger partial charge in [0.05, 0.1) is 6.10 Å². The molecule has 6 heteroatoms. The van der Waals surface area contributed by atoms with Crippen LogP contribution >= 0.6 is 24.0 Å². The van der Waals surface area contributed by atoms with Gasteiger partial charge < -0.3 is 20.3 Å². The van der Waals surface area contributed by atoms with E-state index in [0.29, 0.717) is 12.1 Å². The highest BCUT2D eigenvalue weighted by molar-refractivity contribution is 14.0. The van der Waals surface area contributed by atoms with Crippen LogP contribution in [0.2, 0.25) is 0 Å². The second-order valence-corrected chi connectivity index (χ2v) is 6.47. The van der Waals surface area contributed by atoms with Gasteiger partial charge in [-0.05, 0) is 53.2 Å². The van der Waals surface area contributed by atoms with E-state index in [2.05, 4.69) is 55.4 Å². The van der Waals surface area contributed by atoms with E-state index in [-0.39, 0.29) is 29.4 Å². The maximum absolute atomic E-state index is 5.94. The van der Waals surface area contributed by atoms with Gasteiger partial charge in [0.2, 0.25) is 0 Å². The Balaban J connectivity index is 0.00000484. The molecule has 0 amide bonds. The maximum Gasteiger partial charge on any atom is 0.191 e. The molecular formula is C17H37IN4O. The molecular weight excluding hydrogens is 403 g/mol. The molecule has 0 heterocycles. The lowest BCUT2D eigenvalue weighted by Gasteiger charge is -2.55. The molecule has 0 aromatic carbocycles. The van der Waals surface area contributed by atoms with E-state index >= 15 is 0 Å². The van der Waals surface area contributed by atoms with Crippen molar-refractivity contribution in [3.05, 3.63) is 0 Å². The molecule has 2 unspecified atom stereocenters. The molecule has 0 bridgehead atoms. The Morgan fingerprint density at radius 2 is 1.91 bits per heavy atom. The molecule has 1 rings (SSSR count). The van der Waals surface area contributed by atoms with Gasteiger partial charge in [0.15, 0.2) is 5.96 Å². The number of hydrogen-bond acceptors (Lipinski definition) is 3. The highest BCUT2D eigenvalue weighted by Crippen LogP contribution is 2.48. The smallest absolute Gasteiger partial charge is 0.191 e. The number of nitrogens with one attached hydrogen (secondary N) is 2. The first-order valence-corrected chi connectivity index (χ1v) is 8.77. The molecule has 0 spiro atoms. The highest BCUT2D eigenvalue weighted by atomic mass is 127. The number of nitrogens with zero attached hydrogens (tertiary/aromatic N) is 2. The number of aliphatic imine (C=N–C) groups is 1. The Morgan fingerprint density at radius 1 is 1.26 bits per heavy atom. The van der Waals surface area contributed by atoms with Gasteiger partial charge >= 0.3 is 0 Å². The van der Waals surface area contributed by atoms with Crippen molar-refractivity contribution in [2.45, 2.75) is 58.6 Å². The molecule has 5 nitrogen and oxygen atoms in total. The van der Waals surface area contributed by atoms with Crippen molar-refractivity contribution in [3.63, 3.8) is 0 Å².